The van der Waals surface area contributed by atoms with Gasteiger partial charge >= 0.3 is 0 Å². The van der Waals surface area contributed by atoms with E-state index < -0.39 is 0 Å². The second kappa shape index (κ2) is 10.6. The Kier molecular flexibility index (Phi) is 7.88. The lowest BCUT2D eigenvalue weighted by atomic mass is 10.2. The van der Waals surface area contributed by atoms with Gasteiger partial charge in [-0.05, 0) is 39.0 Å². The summed E-state index contributed by atoms with van der Waals surface area (Å²) in [7, 11) is 1.69. The third kappa shape index (κ3) is 5.80. The van der Waals surface area contributed by atoms with Gasteiger partial charge in [-0.15, -0.1) is 12.4 Å². The van der Waals surface area contributed by atoms with E-state index in [0.29, 0.717) is 18.3 Å². The molecular formula is C23H30ClN7O2. The topological polar surface area (TPSA) is 88.4 Å². The van der Waals surface area contributed by atoms with E-state index in [1.54, 1.807) is 11.8 Å². The first-order valence-electron chi connectivity index (χ1n) is 10.7. The molecular weight excluding hydrogens is 442 g/mol. The van der Waals surface area contributed by atoms with Crippen LogP contribution in [0.3, 0.4) is 0 Å². The van der Waals surface area contributed by atoms with E-state index in [1.807, 2.05) is 51.1 Å². The Labute approximate surface area is 200 Å². The van der Waals surface area contributed by atoms with Gasteiger partial charge in [0, 0.05) is 43.6 Å². The van der Waals surface area contributed by atoms with Crippen LogP contribution >= 0.6 is 12.4 Å². The molecule has 0 unspecified atom stereocenters. The molecule has 10 heteroatoms. The number of carbonyl (C=O) groups excluding carboxylic acids is 1. The number of anilines is 2. The van der Waals surface area contributed by atoms with Crippen LogP contribution < -0.4 is 15.0 Å². The van der Waals surface area contributed by atoms with Gasteiger partial charge in [-0.3, -0.25) is 9.69 Å². The first-order valence-corrected chi connectivity index (χ1v) is 10.7. The van der Waals surface area contributed by atoms with Gasteiger partial charge in [-0.25, -0.2) is 9.97 Å². The lowest BCUT2D eigenvalue weighted by molar-refractivity contribution is -0.117. The minimum absolute atomic E-state index is 0. The predicted octanol–water partition coefficient (Wildman–Crippen LogP) is 2.78. The van der Waals surface area contributed by atoms with Crippen LogP contribution in [0.1, 0.15) is 17.1 Å². The van der Waals surface area contributed by atoms with Gasteiger partial charge in [0.25, 0.3) is 5.95 Å². The summed E-state index contributed by atoms with van der Waals surface area (Å²) in [6.45, 7) is 9.29. The molecule has 176 valence electrons. The predicted molar refractivity (Wildman–Crippen MR) is 131 cm³/mol. The quantitative estimate of drug-likeness (QED) is 0.591. The molecule has 2 aromatic heterocycles. The standard InChI is InChI=1S/C23H29N7O2.ClH/c1-16-13-17(2)25-23(24-16)30-21(14-18(3)27-30)26-22(31)15-28-9-11-29(12-10-28)19-7-5-6-8-20(19)32-4;/h5-8,13-14H,9-12,15H2,1-4H3,(H,26,31);1H. The molecule has 0 aliphatic carbocycles. The van der Waals surface area contributed by atoms with E-state index in [1.165, 1.54) is 0 Å². The zero-order valence-electron chi connectivity index (χ0n) is 19.4. The van der Waals surface area contributed by atoms with Crippen molar-refractivity contribution in [2.24, 2.45) is 0 Å². The van der Waals surface area contributed by atoms with Crippen molar-refractivity contribution in [1.29, 1.82) is 0 Å². The fourth-order valence-corrected chi connectivity index (χ4v) is 3.97. The van der Waals surface area contributed by atoms with E-state index in [0.717, 1.165) is 54.7 Å². The highest BCUT2D eigenvalue weighted by molar-refractivity contribution is 5.91. The minimum Gasteiger partial charge on any atom is -0.495 e. The van der Waals surface area contributed by atoms with E-state index in [4.69, 9.17) is 4.74 Å². The number of ether oxygens (including phenoxy) is 1. The van der Waals surface area contributed by atoms with Crippen molar-refractivity contribution in [3.05, 3.63) is 53.5 Å². The minimum atomic E-state index is -0.0822. The molecule has 1 N–H and O–H groups in total. The first kappa shape index (κ1) is 24.5. The summed E-state index contributed by atoms with van der Waals surface area (Å²) < 4.78 is 7.07. The lowest BCUT2D eigenvalue weighted by Crippen LogP contribution is -2.48. The van der Waals surface area contributed by atoms with Crippen molar-refractivity contribution in [2.75, 3.05) is 50.1 Å². The van der Waals surface area contributed by atoms with Crippen molar-refractivity contribution < 1.29 is 9.53 Å². The molecule has 1 saturated heterocycles. The van der Waals surface area contributed by atoms with Crippen molar-refractivity contribution in [1.82, 2.24) is 24.6 Å². The number of hydrogen-bond acceptors (Lipinski definition) is 7. The van der Waals surface area contributed by atoms with Crippen molar-refractivity contribution >= 4 is 29.8 Å². The molecule has 33 heavy (non-hydrogen) atoms. The third-order valence-corrected chi connectivity index (χ3v) is 5.42. The molecule has 1 amide bonds. The maximum absolute atomic E-state index is 12.8. The summed E-state index contributed by atoms with van der Waals surface area (Å²) in [5.74, 6) is 1.82. The monoisotopic (exact) mass is 471 g/mol. The lowest BCUT2D eigenvalue weighted by Gasteiger charge is -2.36. The van der Waals surface area contributed by atoms with Crippen molar-refractivity contribution in [2.45, 2.75) is 20.8 Å². The molecule has 3 heterocycles. The fraction of sp³-hybridized carbons (Fsp3) is 0.391. The van der Waals surface area contributed by atoms with Crippen LogP contribution in [0.2, 0.25) is 0 Å². The van der Waals surface area contributed by atoms with Crippen LogP contribution in [-0.4, -0.2) is 70.4 Å². The van der Waals surface area contributed by atoms with Gasteiger partial charge in [0.1, 0.15) is 11.6 Å². The van der Waals surface area contributed by atoms with Crippen LogP contribution in [0.4, 0.5) is 11.5 Å². The fourth-order valence-electron chi connectivity index (χ4n) is 3.97. The smallest absolute Gasteiger partial charge is 0.252 e. The molecule has 1 aromatic carbocycles. The number of nitrogens with zero attached hydrogens (tertiary/aromatic N) is 6. The number of aryl methyl sites for hydroxylation is 3. The largest absolute Gasteiger partial charge is 0.495 e. The highest BCUT2D eigenvalue weighted by Gasteiger charge is 2.22. The number of benzene rings is 1. The van der Waals surface area contributed by atoms with E-state index in [9.17, 15) is 4.79 Å². The third-order valence-electron chi connectivity index (χ3n) is 5.42. The summed E-state index contributed by atoms with van der Waals surface area (Å²) >= 11 is 0. The maximum atomic E-state index is 12.8. The Morgan fingerprint density at radius 1 is 1.00 bits per heavy atom. The normalized spacial score (nSPS) is 14.0. The van der Waals surface area contributed by atoms with Gasteiger partial charge in [0.05, 0.1) is 25.0 Å². The summed E-state index contributed by atoms with van der Waals surface area (Å²) in [4.78, 5) is 26.2. The number of nitrogens with one attached hydrogen (secondary N) is 1. The number of methoxy groups -OCH3 is 1. The van der Waals surface area contributed by atoms with E-state index >= 15 is 0 Å². The molecule has 9 nitrogen and oxygen atoms in total. The zero-order chi connectivity index (χ0) is 22.7. The molecule has 0 saturated carbocycles. The van der Waals surface area contributed by atoms with E-state index in [-0.39, 0.29) is 18.3 Å². The number of halogens is 1. The first-order chi connectivity index (χ1) is 15.4. The Balaban J connectivity index is 0.00000306. The Bertz CT molecular complexity index is 1090. The number of para-hydroxylation sites is 2. The number of aromatic nitrogens is 4. The SMILES string of the molecule is COc1ccccc1N1CCN(CC(=O)Nc2cc(C)nn2-c2nc(C)cc(C)n2)CC1.Cl. The number of hydrogen-bond donors (Lipinski definition) is 1. The van der Waals surface area contributed by atoms with Crippen molar-refractivity contribution in [3.63, 3.8) is 0 Å². The zero-order valence-corrected chi connectivity index (χ0v) is 20.2. The maximum Gasteiger partial charge on any atom is 0.252 e. The van der Waals surface area contributed by atoms with Crippen LogP contribution in [-0.2, 0) is 4.79 Å². The molecule has 1 aliphatic heterocycles. The van der Waals surface area contributed by atoms with Gasteiger partial charge in [0.15, 0.2) is 0 Å². The van der Waals surface area contributed by atoms with Crippen LogP contribution in [0.15, 0.2) is 36.4 Å². The molecule has 1 fully saturated rings. The van der Waals surface area contributed by atoms with Gasteiger partial charge in [0.2, 0.25) is 5.91 Å². The van der Waals surface area contributed by atoms with Crippen LogP contribution in [0.5, 0.6) is 5.75 Å². The van der Waals surface area contributed by atoms with Crippen LogP contribution in [0.25, 0.3) is 5.95 Å². The number of rotatable bonds is 6. The van der Waals surface area contributed by atoms with Gasteiger partial charge < -0.3 is 15.0 Å². The molecule has 0 radical (unpaired) electrons. The van der Waals surface area contributed by atoms with Gasteiger partial charge in [-0.2, -0.15) is 9.78 Å². The van der Waals surface area contributed by atoms with Crippen LogP contribution in [0, 0.1) is 20.8 Å². The van der Waals surface area contributed by atoms with Gasteiger partial charge in [-0.1, -0.05) is 12.1 Å². The second-order valence-electron chi connectivity index (χ2n) is 8.02. The highest BCUT2D eigenvalue weighted by Crippen LogP contribution is 2.28. The Morgan fingerprint density at radius 2 is 1.67 bits per heavy atom. The van der Waals surface area contributed by atoms with E-state index in [2.05, 4.69) is 36.2 Å². The Morgan fingerprint density at radius 3 is 2.33 bits per heavy atom. The summed E-state index contributed by atoms with van der Waals surface area (Å²) in [6.07, 6.45) is 0. The van der Waals surface area contributed by atoms with Crippen molar-refractivity contribution in [3.8, 4) is 11.7 Å². The number of piperazine rings is 1. The molecule has 4 rings (SSSR count). The molecule has 0 bridgehead atoms. The highest BCUT2D eigenvalue weighted by atomic mass is 35.5. The molecule has 3 aromatic rings. The average Bonchev–Trinajstić information content (AvgIpc) is 3.13. The average molecular weight is 472 g/mol. The second-order valence-corrected chi connectivity index (χ2v) is 8.02. The number of carbonyl (C=O) groups is 1. The Hall–Kier alpha value is -3.17. The molecule has 0 atom stereocenters. The molecule has 0 spiro atoms. The summed E-state index contributed by atoms with van der Waals surface area (Å²) in [6, 6.07) is 11.8. The summed E-state index contributed by atoms with van der Waals surface area (Å²) in [5, 5.41) is 7.45. The summed E-state index contributed by atoms with van der Waals surface area (Å²) in [5.41, 5.74) is 3.58. The molecule has 1 aliphatic rings. The number of amides is 1.